The molecule has 9 heteroatoms. The minimum absolute atomic E-state index is 0.0354. The van der Waals surface area contributed by atoms with Crippen LogP contribution in [0.3, 0.4) is 0 Å². The largest absolute Gasteiger partial charge is 0.479 e. The molecule has 4 rings (SSSR count). The number of benzene rings is 2. The molecule has 0 spiro atoms. The van der Waals surface area contributed by atoms with Crippen molar-refractivity contribution in [3.63, 3.8) is 0 Å². The van der Waals surface area contributed by atoms with Crippen LogP contribution in [0, 0.1) is 19.8 Å². The standard InChI is InChI=1S/C25H31N3O5S/c1-5-28(20-8-6-7-16(2)13-20)25(30)19-9-11-27(12-10-19)34(31,32)23-15-22-21(14-17(23)3)26-24(29)18(4)33-22/h6-8,13-15,18-19H,5,9-12H2,1-4H3,(H,26,29)/t18-/m1/s1. The fourth-order valence-electron chi connectivity index (χ4n) is 4.58. The van der Waals surface area contributed by atoms with Gasteiger partial charge in [0.15, 0.2) is 6.10 Å². The minimum Gasteiger partial charge on any atom is -0.479 e. The molecule has 2 heterocycles. The van der Waals surface area contributed by atoms with Crippen LogP contribution in [0.25, 0.3) is 0 Å². The lowest BCUT2D eigenvalue weighted by Crippen LogP contribution is -2.44. The quantitative estimate of drug-likeness (QED) is 0.700. The Kier molecular flexibility index (Phi) is 6.69. The summed E-state index contributed by atoms with van der Waals surface area (Å²) in [5.74, 6) is -0.108. The topological polar surface area (TPSA) is 96.0 Å². The zero-order valence-electron chi connectivity index (χ0n) is 20.0. The highest BCUT2D eigenvalue weighted by molar-refractivity contribution is 7.89. The number of amides is 2. The number of piperidine rings is 1. The van der Waals surface area contributed by atoms with Crippen LogP contribution in [0.2, 0.25) is 0 Å². The minimum atomic E-state index is -3.77. The lowest BCUT2D eigenvalue weighted by Gasteiger charge is -2.34. The van der Waals surface area contributed by atoms with Crippen molar-refractivity contribution in [2.75, 3.05) is 29.9 Å². The summed E-state index contributed by atoms with van der Waals surface area (Å²) in [6.07, 6.45) is 0.240. The summed E-state index contributed by atoms with van der Waals surface area (Å²) in [6.45, 7) is 8.36. The number of ether oxygens (including phenoxy) is 1. The summed E-state index contributed by atoms with van der Waals surface area (Å²) in [5, 5.41) is 2.75. The van der Waals surface area contributed by atoms with Gasteiger partial charge in [0.2, 0.25) is 15.9 Å². The van der Waals surface area contributed by atoms with Gasteiger partial charge in [0.1, 0.15) is 5.75 Å². The predicted octanol–water partition coefficient (Wildman–Crippen LogP) is 3.48. The molecule has 2 aromatic carbocycles. The lowest BCUT2D eigenvalue weighted by molar-refractivity contribution is -0.123. The Hall–Kier alpha value is -2.91. The maximum absolute atomic E-state index is 13.5. The molecule has 0 unspecified atom stereocenters. The summed E-state index contributed by atoms with van der Waals surface area (Å²) in [4.78, 5) is 27.1. The third kappa shape index (κ3) is 4.54. The number of carbonyl (C=O) groups is 2. The van der Waals surface area contributed by atoms with Gasteiger partial charge in [-0.1, -0.05) is 12.1 Å². The normalized spacial score (nSPS) is 19.2. The molecule has 0 bridgehead atoms. The first kappa shape index (κ1) is 24.2. The fourth-order valence-corrected chi connectivity index (χ4v) is 6.28. The van der Waals surface area contributed by atoms with Crippen molar-refractivity contribution in [1.82, 2.24) is 4.31 Å². The highest BCUT2D eigenvalue weighted by Gasteiger charge is 2.36. The first-order chi connectivity index (χ1) is 16.1. The van der Waals surface area contributed by atoms with Gasteiger partial charge in [0.25, 0.3) is 5.91 Å². The van der Waals surface area contributed by atoms with Gasteiger partial charge < -0.3 is 15.0 Å². The fraction of sp³-hybridized carbons (Fsp3) is 0.440. The predicted molar refractivity (Wildman–Crippen MR) is 131 cm³/mol. The number of carbonyl (C=O) groups excluding carboxylic acids is 2. The maximum Gasteiger partial charge on any atom is 0.265 e. The van der Waals surface area contributed by atoms with E-state index in [1.54, 1.807) is 24.8 Å². The van der Waals surface area contributed by atoms with E-state index in [1.807, 2.05) is 38.1 Å². The van der Waals surface area contributed by atoms with Crippen LogP contribution >= 0.6 is 0 Å². The first-order valence-electron chi connectivity index (χ1n) is 11.6. The van der Waals surface area contributed by atoms with E-state index in [-0.39, 0.29) is 35.7 Å². The molecular formula is C25H31N3O5S. The zero-order chi connectivity index (χ0) is 24.6. The van der Waals surface area contributed by atoms with Crippen LogP contribution in [0.4, 0.5) is 11.4 Å². The van der Waals surface area contributed by atoms with Crippen molar-refractivity contribution >= 4 is 33.2 Å². The number of sulfonamides is 1. The van der Waals surface area contributed by atoms with Gasteiger partial charge in [-0.15, -0.1) is 0 Å². The molecular weight excluding hydrogens is 454 g/mol. The second kappa shape index (κ2) is 9.38. The van der Waals surface area contributed by atoms with Crippen LogP contribution in [0.5, 0.6) is 5.75 Å². The van der Waals surface area contributed by atoms with E-state index in [0.717, 1.165) is 11.3 Å². The van der Waals surface area contributed by atoms with Gasteiger partial charge in [-0.25, -0.2) is 8.42 Å². The zero-order valence-corrected chi connectivity index (χ0v) is 20.8. The second-order valence-corrected chi connectivity index (χ2v) is 10.9. The smallest absolute Gasteiger partial charge is 0.265 e. The monoisotopic (exact) mass is 485 g/mol. The lowest BCUT2D eigenvalue weighted by atomic mass is 9.96. The number of hydrogen-bond acceptors (Lipinski definition) is 5. The molecule has 2 aliphatic heterocycles. The Balaban J connectivity index is 1.49. The average Bonchev–Trinajstić information content (AvgIpc) is 2.80. The van der Waals surface area contributed by atoms with Crippen LogP contribution in [-0.4, -0.2) is 50.3 Å². The molecule has 1 atom stereocenters. The van der Waals surface area contributed by atoms with Crippen molar-refractivity contribution < 1.29 is 22.7 Å². The van der Waals surface area contributed by atoms with Crippen LogP contribution in [0.1, 0.15) is 37.8 Å². The Labute approximate surface area is 200 Å². The van der Waals surface area contributed by atoms with E-state index in [0.29, 0.717) is 36.4 Å². The number of aryl methyl sites for hydroxylation is 2. The molecule has 1 fully saturated rings. The van der Waals surface area contributed by atoms with E-state index in [9.17, 15) is 18.0 Å². The number of fused-ring (bicyclic) bond motifs is 1. The number of nitrogens with zero attached hydrogens (tertiary/aromatic N) is 2. The van der Waals surface area contributed by atoms with Crippen LogP contribution < -0.4 is 15.0 Å². The van der Waals surface area contributed by atoms with E-state index in [2.05, 4.69) is 5.32 Å². The summed E-state index contributed by atoms with van der Waals surface area (Å²) >= 11 is 0. The first-order valence-corrected chi connectivity index (χ1v) is 13.1. The Morgan fingerprint density at radius 1 is 1.18 bits per heavy atom. The summed E-state index contributed by atoms with van der Waals surface area (Å²) < 4.78 is 34.0. The maximum atomic E-state index is 13.5. The van der Waals surface area contributed by atoms with Gasteiger partial charge in [0.05, 0.1) is 10.6 Å². The van der Waals surface area contributed by atoms with Crippen molar-refractivity contribution in [2.24, 2.45) is 5.92 Å². The molecule has 0 saturated carbocycles. The molecule has 2 aliphatic rings. The molecule has 0 radical (unpaired) electrons. The Bertz CT molecular complexity index is 1220. The van der Waals surface area contributed by atoms with Gasteiger partial charge in [-0.05, 0) is 69.9 Å². The van der Waals surface area contributed by atoms with Crippen LogP contribution in [0.15, 0.2) is 41.3 Å². The van der Waals surface area contributed by atoms with Gasteiger partial charge in [-0.2, -0.15) is 4.31 Å². The summed E-state index contributed by atoms with van der Waals surface area (Å²) in [6, 6.07) is 11.0. The highest BCUT2D eigenvalue weighted by Crippen LogP contribution is 2.36. The molecule has 8 nitrogen and oxygen atoms in total. The van der Waals surface area contributed by atoms with Gasteiger partial charge >= 0.3 is 0 Å². The Morgan fingerprint density at radius 3 is 2.53 bits per heavy atom. The van der Waals surface area contributed by atoms with Crippen molar-refractivity contribution in [1.29, 1.82) is 0 Å². The van der Waals surface area contributed by atoms with Crippen molar-refractivity contribution in [3.05, 3.63) is 47.5 Å². The SMILES string of the molecule is CCN(C(=O)C1CCN(S(=O)(=O)c2cc3c(cc2C)NC(=O)[C@@H](C)O3)CC1)c1cccc(C)c1. The molecule has 34 heavy (non-hydrogen) atoms. The highest BCUT2D eigenvalue weighted by atomic mass is 32.2. The van der Waals surface area contributed by atoms with Crippen molar-refractivity contribution in [2.45, 2.75) is 51.5 Å². The summed E-state index contributed by atoms with van der Waals surface area (Å²) in [7, 11) is -3.77. The van der Waals surface area contributed by atoms with E-state index in [4.69, 9.17) is 4.74 Å². The molecule has 2 aromatic rings. The number of hydrogen-bond donors (Lipinski definition) is 1. The number of rotatable bonds is 5. The van der Waals surface area contributed by atoms with Gasteiger partial charge in [-0.3, -0.25) is 9.59 Å². The molecule has 1 N–H and O–H groups in total. The number of nitrogens with one attached hydrogen (secondary N) is 1. The van der Waals surface area contributed by atoms with Crippen LogP contribution in [-0.2, 0) is 19.6 Å². The van der Waals surface area contributed by atoms with E-state index >= 15 is 0 Å². The third-order valence-corrected chi connectivity index (χ3v) is 8.57. The third-order valence-electron chi connectivity index (χ3n) is 6.52. The van der Waals surface area contributed by atoms with E-state index < -0.39 is 16.1 Å². The second-order valence-electron chi connectivity index (χ2n) is 8.96. The Morgan fingerprint density at radius 2 is 1.88 bits per heavy atom. The number of anilines is 2. The van der Waals surface area contributed by atoms with E-state index in [1.165, 1.54) is 10.4 Å². The molecule has 182 valence electrons. The molecule has 2 amide bonds. The molecule has 1 saturated heterocycles. The molecule has 0 aromatic heterocycles. The van der Waals surface area contributed by atoms with Gasteiger partial charge in [0, 0.05) is 37.3 Å². The summed E-state index contributed by atoms with van der Waals surface area (Å²) in [5.41, 5.74) is 2.96. The average molecular weight is 486 g/mol. The molecule has 0 aliphatic carbocycles. The van der Waals surface area contributed by atoms with Crippen molar-refractivity contribution in [3.8, 4) is 5.75 Å².